The third kappa shape index (κ3) is 2.44. The molecule has 0 aromatic heterocycles. The zero-order chi connectivity index (χ0) is 13.0. The molecule has 0 fully saturated rings. The van der Waals surface area contributed by atoms with Gasteiger partial charge >= 0.3 is 0 Å². The van der Waals surface area contributed by atoms with Gasteiger partial charge in [-0.2, -0.15) is 0 Å². The Bertz CT molecular complexity index is 504. The molecule has 2 heteroatoms. The second kappa shape index (κ2) is 5.57. The van der Waals surface area contributed by atoms with E-state index in [1.165, 1.54) is 28.9 Å². The van der Waals surface area contributed by atoms with Gasteiger partial charge in [-0.25, -0.2) is 0 Å². The molecule has 0 amide bonds. The van der Waals surface area contributed by atoms with Crippen molar-refractivity contribution < 1.29 is 4.43 Å². The molecule has 0 bridgehead atoms. The van der Waals surface area contributed by atoms with E-state index >= 15 is 0 Å². The summed E-state index contributed by atoms with van der Waals surface area (Å²) in [5, 5.41) is 2.51. The molecule has 2 rings (SSSR count). The zero-order valence-electron chi connectivity index (χ0n) is 11.6. The molecule has 0 saturated carbocycles. The average Bonchev–Trinajstić information content (AvgIpc) is 2.45. The summed E-state index contributed by atoms with van der Waals surface area (Å²) in [6, 6.07) is 18.4. The number of rotatable bonds is 5. The highest BCUT2D eigenvalue weighted by atomic mass is 28.4. The quantitative estimate of drug-likeness (QED) is 0.668. The van der Waals surface area contributed by atoms with Crippen LogP contribution in [0.1, 0.15) is 20.8 Å². The lowest BCUT2D eigenvalue weighted by Crippen LogP contribution is -2.39. The summed E-state index contributed by atoms with van der Waals surface area (Å²) < 4.78 is 6.50. The first-order chi connectivity index (χ1) is 8.74. The van der Waals surface area contributed by atoms with Crippen LogP contribution in [0.2, 0.25) is 18.1 Å². The Morgan fingerprint density at radius 3 is 2.11 bits per heavy atom. The van der Waals surface area contributed by atoms with Crippen molar-refractivity contribution in [3.05, 3.63) is 42.5 Å². The second-order valence-corrected chi connectivity index (χ2v) is 9.51. The minimum atomic E-state index is -1.58. The van der Waals surface area contributed by atoms with E-state index in [0.717, 1.165) is 5.75 Å². The summed E-state index contributed by atoms with van der Waals surface area (Å²) in [7, 11) is -1.58. The van der Waals surface area contributed by atoms with E-state index in [2.05, 4.69) is 63.2 Å². The van der Waals surface area contributed by atoms with Gasteiger partial charge in [0.25, 0.3) is 8.32 Å². The van der Waals surface area contributed by atoms with Gasteiger partial charge in [0, 0.05) is 5.39 Å². The summed E-state index contributed by atoms with van der Waals surface area (Å²) in [6.07, 6.45) is 0. The molecule has 0 N–H and O–H groups in total. The van der Waals surface area contributed by atoms with Gasteiger partial charge in [-0.15, -0.1) is 0 Å². The molecule has 0 aliphatic carbocycles. The van der Waals surface area contributed by atoms with Gasteiger partial charge in [0.2, 0.25) is 0 Å². The van der Waals surface area contributed by atoms with E-state index in [9.17, 15) is 0 Å². The van der Waals surface area contributed by atoms with Crippen LogP contribution < -0.4 is 4.43 Å². The Labute approximate surface area is 111 Å². The van der Waals surface area contributed by atoms with Gasteiger partial charge in [-0.05, 0) is 29.6 Å². The monoisotopic (exact) mass is 258 g/mol. The Balaban J connectivity index is 2.42. The summed E-state index contributed by atoms with van der Waals surface area (Å²) in [5.74, 6) is 1.07. The Hall–Kier alpha value is -1.28. The summed E-state index contributed by atoms with van der Waals surface area (Å²) in [4.78, 5) is 0. The first kappa shape index (κ1) is 13.2. The average molecular weight is 258 g/mol. The molecular weight excluding hydrogens is 236 g/mol. The van der Waals surface area contributed by atoms with Crippen molar-refractivity contribution >= 4 is 19.1 Å². The smallest absolute Gasteiger partial charge is 0.250 e. The van der Waals surface area contributed by atoms with Gasteiger partial charge in [0.15, 0.2) is 0 Å². The van der Waals surface area contributed by atoms with Crippen molar-refractivity contribution in [1.29, 1.82) is 0 Å². The number of hydrogen-bond donors (Lipinski definition) is 0. The van der Waals surface area contributed by atoms with Crippen molar-refractivity contribution in [2.45, 2.75) is 38.9 Å². The van der Waals surface area contributed by atoms with Crippen LogP contribution >= 0.6 is 0 Å². The first-order valence-corrected chi connectivity index (χ1v) is 9.44. The van der Waals surface area contributed by atoms with Crippen LogP contribution in [-0.2, 0) is 0 Å². The predicted molar refractivity (Wildman–Crippen MR) is 81.8 cm³/mol. The lowest BCUT2D eigenvalue weighted by Gasteiger charge is -2.29. The largest absolute Gasteiger partial charge is 0.543 e. The standard InChI is InChI=1S/C16H22OSi/c1-4-18(5-2,6-3)17-16-13-9-11-14-10-7-8-12-15(14)16/h7-13H,4-6H2,1-3H3. The highest BCUT2D eigenvalue weighted by Gasteiger charge is 2.31. The molecule has 0 heterocycles. The fourth-order valence-corrected chi connectivity index (χ4v) is 5.06. The Kier molecular flexibility index (Phi) is 4.07. The van der Waals surface area contributed by atoms with Crippen LogP contribution in [-0.4, -0.2) is 8.32 Å². The lowest BCUT2D eigenvalue weighted by atomic mass is 10.1. The fourth-order valence-electron chi connectivity index (χ4n) is 2.48. The highest BCUT2D eigenvalue weighted by Crippen LogP contribution is 2.31. The third-order valence-electron chi connectivity index (χ3n) is 4.01. The maximum atomic E-state index is 6.50. The SMILES string of the molecule is CC[Si](CC)(CC)Oc1cccc2ccccc12. The molecule has 2 aromatic carbocycles. The van der Waals surface area contributed by atoms with Crippen molar-refractivity contribution in [2.24, 2.45) is 0 Å². The second-order valence-electron chi connectivity index (χ2n) is 4.82. The third-order valence-corrected chi connectivity index (χ3v) is 8.53. The van der Waals surface area contributed by atoms with Crippen LogP contribution in [0.25, 0.3) is 10.8 Å². The normalized spacial score (nSPS) is 11.7. The summed E-state index contributed by atoms with van der Waals surface area (Å²) in [6.45, 7) is 6.80. The van der Waals surface area contributed by atoms with E-state index < -0.39 is 8.32 Å². The van der Waals surface area contributed by atoms with Gasteiger partial charge in [-0.3, -0.25) is 0 Å². The van der Waals surface area contributed by atoms with E-state index in [1.54, 1.807) is 0 Å². The number of benzene rings is 2. The topological polar surface area (TPSA) is 9.23 Å². The van der Waals surface area contributed by atoms with Crippen LogP contribution in [0.4, 0.5) is 0 Å². The van der Waals surface area contributed by atoms with E-state index in [-0.39, 0.29) is 0 Å². The highest BCUT2D eigenvalue weighted by molar-refractivity contribution is 6.74. The first-order valence-electron chi connectivity index (χ1n) is 6.91. The minimum absolute atomic E-state index is 1.07. The Morgan fingerprint density at radius 2 is 1.44 bits per heavy atom. The van der Waals surface area contributed by atoms with Crippen molar-refractivity contribution in [3.63, 3.8) is 0 Å². The van der Waals surface area contributed by atoms with Crippen LogP contribution in [0.15, 0.2) is 42.5 Å². The molecule has 0 aliphatic rings. The number of fused-ring (bicyclic) bond motifs is 1. The minimum Gasteiger partial charge on any atom is -0.543 e. The van der Waals surface area contributed by atoms with Crippen molar-refractivity contribution in [3.8, 4) is 5.75 Å². The van der Waals surface area contributed by atoms with Crippen LogP contribution in [0.3, 0.4) is 0 Å². The fraction of sp³-hybridized carbons (Fsp3) is 0.375. The summed E-state index contributed by atoms with van der Waals surface area (Å²) >= 11 is 0. The van der Waals surface area contributed by atoms with Crippen LogP contribution in [0.5, 0.6) is 5.75 Å². The molecule has 18 heavy (non-hydrogen) atoms. The van der Waals surface area contributed by atoms with Crippen LogP contribution in [0, 0.1) is 0 Å². The van der Waals surface area contributed by atoms with E-state index in [4.69, 9.17) is 4.43 Å². The summed E-state index contributed by atoms with van der Waals surface area (Å²) in [5.41, 5.74) is 0. The molecule has 2 aromatic rings. The van der Waals surface area contributed by atoms with E-state index in [0.29, 0.717) is 0 Å². The number of hydrogen-bond acceptors (Lipinski definition) is 1. The van der Waals surface area contributed by atoms with Gasteiger partial charge in [0.05, 0.1) is 0 Å². The molecule has 0 atom stereocenters. The maximum Gasteiger partial charge on any atom is 0.250 e. The molecule has 96 valence electrons. The molecular formula is C16H22OSi. The van der Waals surface area contributed by atoms with E-state index in [1.807, 2.05) is 0 Å². The molecule has 0 spiro atoms. The van der Waals surface area contributed by atoms with Gasteiger partial charge < -0.3 is 4.43 Å². The van der Waals surface area contributed by atoms with Gasteiger partial charge in [0.1, 0.15) is 5.75 Å². The maximum absolute atomic E-state index is 6.50. The molecule has 0 unspecified atom stereocenters. The zero-order valence-corrected chi connectivity index (χ0v) is 12.6. The molecule has 0 radical (unpaired) electrons. The predicted octanol–water partition coefficient (Wildman–Crippen LogP) is 5.22. The Morgan fingerprint density at radius 1 is 0.833 bits per heavy atom. The lowest BCUT2D eigenvalue weighted by molar-refractivity contribution is 0.538. The van der Waals surface area contributed by atoms with Gasteiger partial charge in [-0.1, -0.05) is 57.2 Å². The van der Waals surface area contributed by atoms with Crippen molar-refractivity contribution in [1.82, 2.24) is 0 Å². The molecule has 0 saturated heterocycles. The van der Waals surface area contributed by atoms with Crippen molar-refractivity contribution in [2.75, 3.05) is 0 Å². The molecule has 1 nitrogen and oxygen atoms in total. The molecule has 0 aliphatic heterocycles.